The van der Waals surface area contributed by atoms with Gasteiger partial charge in [-0.05, 0) is 53.6 Å². The van der Waals surface area contributed by atoms with Crippen molar-refractivity contribution in [1.82, 2.24) is 4.90 Å². The first kappa shape index (κ1) is 15.1. The summed E-state index contributed by atoms with van der Waals surface area (Å²) in [5.41, 5.74) is 5.23. The Kier molecular flexibility index (Phi) is 5.22. The Balaban J connectivity index is 2.05. The van der Waals surface area contributed by atoms with E-state index >= 15 is 0 Å². The van der Waals surface area contributed by atoms with E-state index in [1.807, 2.05) is 6.07 Å². The second kappa shape index (κ2) is 6.92. The van der Waals surface area contributed by atoms with E-state index in [0.717, 1.165) is 29.5 Å². The SMILES string of the molecule is NC(=O)CN(C(=O)C=Cc1ccc(I)o1)C1CCCC1. The molecule has 1 aromatic heterocycles. The summed E-state index contributed by atoms with van der Waals surface area (Å²) in [6, 6.07) is 3.74. The number of halogens is 1. The maximum atomic E-state index is 12.2. The lowest BCUT2D eigenvalue weighted by Crippen LogP contribution is -2.43. The molecule has 2 amide bonds. The molecule has 1 saturated carbocycles. The molecule has 1 aromatic rings. The van der Waals surface area contributed by atoms with Crippen LogP contribution < -0.4 is 5.73 Å². The van der Waals surface area contributed by atoms with Crippen LogP contribution in [0.5, 0.6) is 0 Å². The summed E-state index contributed by atoms with van der Waals surface area (Å²) in [6.45, 7) is -0.0243. The van der Waals surface area contributed by atoms with Gasteiger partial charge in [0, 0.05) is 12.1 Å². The quantitative estimate of drug-likeness (QED) is 0.621. The van der Waals surface area contributed by atoms with Crippen LogP contribution in [0, 0.1) is 3.77 Å². The van der Waals surface area contributed by atoms with Crippen LogP contribution in [-0.4, -0.2) is 29.3 Å². The van der Waals surface area contributed by atoms with Gasteiger partial charge in [-0.2, -0.15) is 0 Å². The fraction of sp³-hybridized carbons (Fsp3) is 0.429. The minimum atomic E-state index is -0.480. The molecular formula is C14H17IN2O3. The van der Waals surface area contributed by atoms with Crippen LogP contribution in [0.15, 0.2) is 22.6 Å². The highest BCUT2D eigenvalue weighted by Gasteiger charge is 2.26. The smallest absolute Gasteiger partial charge is 0.247 e. The zero-order valence-electron chi connectivity index (χ0n) is 11.0. The lowest BCUT2D eigenvalue weighted by Gasteiger charge is -2.26. The van der Waals surface area contributed by atoms with Gasteiger partial charge in [-0.25, -0.2) is 0 Å². The summed E-state index contributed by atoms with van der Waals surface area (Å²) in [7, 11) is 0. The number of rotatable bonds is 5. The Bertz CT molecular complexity index is 518. The second-order valence-corrected chi connectivity index (χ2v) is 5.91. The van der Waals surface area contributed by atoms with Gasteiger partial charge in [-0.15, -0.1) is 0 Å². The molecule has 0 aliphatic heterocycles. The highest BCUT2D eigenvalue weighted by atomic mass is 127. The molecular weight excluding hydrogens is 371 g/mol. The van der Waals surface area contributed by atoms with Gasteiger partial charge in [0.15, 0.2) is 3.77 Å². The lowest BCUT2D eigenvalue weighted by atomic mass is 10.2. The first-order valence-corrected chi connectivity index (χ1v) is 7.66. The molecule has 0 unspecified atom stereocenters. The standard InChI is InChI=1S/C14H17IN2O3/c15-12-7-5-11(20-12)6-8-14(19)17(9-13(16)18)10-3-1-2-4-10/h5-8,10H,1-4,9H2,(H2,16,18). The number of hydrogen-bond acceptors (Lipinski definition) is 3. The third kappa shape index (κ3) is 4.09. The Labute approximate surface area is 131 Å². The summed E-state index contributed by atoms with van der Waals surface area (Å²) in [5, 5.41) is 0. The molecule has 0 spiro atoms. The fourth-order valence-corrected chi connectivity index (χ4v) is 2.87. The molecule has 0 atom stereocenters. The maximum absolute atomic E-state index is 12.2. The van der Waals surface area contributed by atoms with Crippen molar-refractivity contribution in [3.63, 3.8) is 0 Å². The Morgan fingerprint density at radius 3 is 2.65 bits per heavy atom. The predicted octanol–water partition coefficient (Wildman–Crippen LogP) is 2.15. The van der Waals surface area contributed by atoms with Crippen LogP contribution in [0.1, 0.15) is 31.4 Å². The van der Waals surface area contributed by atoms with Crippen molar-refractivity contribution in [2.75, 3.05) is 6.54 Å². The number of amides is 2. The molecule has 1 heterocycles. The average molecular weight is 388 g/mol. The number of primary amides is 1. The van der Waals surface area contributed by atoms with Gasteiger partial charge in [0.05, 0.1) is 6.54 Å². The van der Waals surface area contributed by atoms with Gasteiger partial charge in [0.1, 0.15) is 5.76 Å². The molecule has 2 N–H and O–H groups in total. The van der Waals surface area contributed by atoms with E-state index in [1.165, 1.54) is 6.08 Å². The molecule has 2 rings (SSSR count). The van der Waals surface area contributed by atoms with Crippen LogP contribution in [0.4, 0.5) is 0 Å². The predicted molar refractivity (Wildman–Crippen MR) is 83.6 cm³/mol. The van der Waals surface area contributed by atoms with E-state index in [2.05, 4.69) is 22.6 Å². The van der Waals surface area contributed by atoms with Crippen LogP contribution in [0.25, 0.3) is 6.08 Å². The molecule has 1 aliphatic rings. The van der Waals surface area contributed by atoms with Crippen LogP contribution in [0.2, 0.25) is 0 Å². The molecule has 0 aromatic carbocycles. The van der Waals surface area contributed by atoms with Gasteiger partial charge in [-0.3, -0.25) is 9.59 Å². The van der Waals surface area contributed by atoms with Gasteiger partial charge in [-0.1, -0.05) is 12.8 Å². The molecule has 0 radical (unpaired) electrons. The van der Waals surface area contributed by atoms with Crippen LogP contribution in [0.3, 0.4) is 0 Å². The third-order valence-electron chi connectivity index (χ3n) is 3.36. The molecule has 108 valence electrons. The normalized spacial score (nSPS) is 15.8. The van der Waals surface area contributed by atoms with E-state index in [4.69, 9.17) is 10.2 Å². The Morgan fingerprint density at radius 1 is 1.40 bits per heavy atom. The van der Waals surface area contributed by atoms with Crippen LogP contribution >= 0.6 is 22.6 Å². The van der Waals surface area contributed by atoms with Crippen molar-refractivity contribution in [3.05, 3.63) is 27.7 Å². The molecule has 5 nitrogen and oxygen atoms in total. The Morgan fingerprint density at radius 2 is 2.10 bits per heavy atom. The van der Waals surface area contributed by atoms with Crippen molar-refractivity contribution >= 4 is 40.5 Å². The zero-order chi connectivity index (χ0) is 14.5. The van der Waals surface area contributed by atoms with Gasteiger partial charge >= 0.3 is 0 Å². The molecule has 0 saturated heterocycles. The second-order valence-electron chi connectivity index (χ2n) is 4.85. The number of carbonyl (C=O) groups excluding carboxylic acids is 2. The maximum Gasteiger partial charge on any atom is 0.247 e. The first-order chi connectivity index (χ1) is 9.56. The summed E-state index contributed by atoms with van der Waals surface area (Å²) < 4.78 is 6.12. The number of carbonyl (C=O) groups is 2. The van der Waals surface area contributed by atoms with E-state index in [1.54, 1.807) is 17.0 Å². The minimum Gasteiger partial charge on any atom is -0.451 e. The fourth-order valence-electron chi connectivity index (χ4n) is 2.44. The Hall–Kier alpha value is -1.31. The van der Waals surface area contributed by atoms with Crippen molar-refractivity contribution in [1.29, 1.82) is 0 Å². The molecule has 1 fully saturated rings. The molecule has 0 bridgehead atoms. The van der Waals surface area contributed by atoms with Gasteiger partial charge < -0.3 is 15.1 Å². The van der Waals surface area contributed by atoms with E-state index in [0.29, 0.717) is 5.76 Å². The molecule has 1 aliphatic carbocycles. The first-order valence-electron chi connectivity index (χ1n) is 6.58. The van der Waals surface area contributed by atoms with Gasteiger partial charge in [0.25, 0.3) is 0 Å². The number of nitrogens with zero attached hydrogens (tertiary/aromatic N) is 1. The minimum absolute atomic E-state index is 0.0243. The molecule has 6 heteroatoms. The van der Waals surface area contributed by atoms with E-state index < -0.39 is 5.91 Å². The van der Waals surface area contributed by atoms with E-state index in [-0.39, 0.29) is 18.5 Å². The highest BCUT2D eigenvalue weighted by Crippen LogP contribution is 2.23. The van der Waals surface area contributed by atoms with Crippen molar-refractivity contribution in [2.45, 2.75) is 31.7 Å². The van der Waals surface area contributed by atoms with Gasteiger partial charge in [0.2, 0.25) is 11.8 Å². The largest absolute Gasteiger partial charge is 0.451 e. The highest BCUT2D eigenvalue weighted by molar-refractivity contribution is 14.1. The van der Waals surface area contributed by atoms with E-state index in [9.17, 15) is 9.59 Å². The average Bonchev–Trinajstić information content (AvgIpc) is 3.04. The summed E-state index contributed by atoms with van der Waals surface area (Å²) >= 11 is 2.06. The number of nitrogens with two attached hydrogens (primary N) is 1. The third-order valence-corrected chi connectivity index (χ3v) is 3.94. The van der Waals surface area contributed by atoms with Crippen molar-refractivity contribution in [2.24, 2.45) is 5.73 Å². The summed E-state index contributed by atoms with van der Waals surface area (Å²) in [6.07, 6.45) is 7.11. The van der Waals surface area contributed by atoms with Crippen molar-refractivity contribution in [3.8, 4) is 0 Å². The lowest BCUT2D eigenvalue weighted by molar-refractivity contribution is -0.133. The summed E-state index contributed by atoms with van der Waals surface area (Å²) in [5.74, 6) is -0.0542. The summed E-state index contributed by atoms with van der Waals surface area (Å²) in [4.78, 5) is 24.9. The number of hydrogen-bond donors (Lipinski definition) is 1. The molecule has 20 heavy (non-hydrogen) atoms. The van der Waals surface area contributed by atoms with Crippen molar-refractivity contribution < 1.29 is 14.0 Å². The monoisotopic (exact) mass is 388 g/mol. The zero-order valence-corrected chi connectivity index (χ0v) is 13.2. The van der Waals surface area contributed by atoms with Crippen LogP contribution in [-0.2, 0) is 9.59 Å². The topological polar surface area (TPSA) is 76.5 Å². The number of furan rings is 1.